The Kier molecular flexibility index (Phi) is 6.13. The van der Waals surface area contributed by atoms with E-state index in [0.717, 1.165) is 11.3 Å². The second kappa shape index (κ2) is 7.53. The molecule has 1 aromatic rings. The number of carbonyl (C=O) groups is 1. The molecule has 0 fully saturated rings. The number of benzene rings is 1. The van der Waals surface area contributed by atoms with Crippen LogP contribution >= 0.6 is 0 Å². The van der Waals surface area contributed by atoms with Crippen molar-refractivity contribution in [2.45, 2.75) is 83.7 Å². The van der Waals surface area contributed by atoms with E-state index in [1.165, 1.54) is 0 Å². The van der Waals surface area contributed by atoms with E-state index in [-0.39, 0.29) is 0 Å². The van der Waals surface area contributed by atoms with Gasteiger partial charge in [-0.25, -0.2) is 4.79 Å². The molecule has 0 radical (unpaired) electrons. The first kappa shape index (κ1) is 23.6. The molecule has 1 aliphatic rings. The lowest BCUT2D eigenvalue weighted by atomic mass is 9.75. The molecule has 0 aromatic heterocycles. The van der Waals surface area contributed by atoms with Crippen LogP contribution < -0.4 is 0 Å². The SMILES string of the molecule is CC1=NC(C)(C(C#C[Si](C)(C)C)(O[Si](C)(C)C)c2ccccc2)C(=O)OC1(C)C. The van der Waals surface area contributed by atoms with Crippen molar-refractivity contribution < 1.29 is 14.0 Å². The maximum Gasteiger partial charge on any atom is 0.339 e. The van der Waals surface area contributed by atoms with Crippen LogP contribution in [-0.4, -0.2) is 39.2 Å². The Morgan fingerprint density at radius 3 is 2.07 bits per heavy atom. The molecule has 0 saturated heterocycles. The van der Waals surface area contributed by atoms with Gasteiger partial charge in [0.1, 0.15) is 13.7 Å². The van der Waals surface area contributed by atoms with E-state index < -0.39 is 39.1 Å². The van der Waals surface area contributed by atoms with Gasteiger partial charge in [0.2, 0.25) is 0 Å². The number of aliphatic imine (C=N–C) groups is 1. The third kappa shape index (κ3) is 4.91. The average Bonchev–Trinajstić information content (AvgIpc) is 2.55. The molecule has 2 rings (SSSR count). The Labute approximate surface area is 178 Å². The van der Waals surface area contributed by atoms with Crippen LogP contribution in [0.3, 0.4) is 0 Å². The van der Waals surface area contributed by atoms with E-state index in [4.69, 9.17) is 14.2 Å². The predicted octanol–water partition coefficient (Wildman–Crippen LogP) is 5.17. The highest BCUT2D eigenvalue weighted by molar-refractivity contribution is 6.83. The Morgan fingerprint density at radius 1 is 1.03 bits per heavy atom. The van der Waals surface area contributed by atoms with Gasteiger partial charge in [-0.2, -0.15) is 0 Å². The van der Waals surface area contributed by atoms with E-state index in [2.05, 4.69) is 50.7 Å². The number of carbonyl (C=O) groups excluding carboxylic acids is 1. The first-order valence-electron chi connectivity index (χ1n) is 10.1. The molecule has 1 heterocycles. The Morgan fingerprint density at radius 2 is 1.59 bits per heavy atom. The zero-order valence-corrected chi connectivity index (χ0v) is 21.6. The van der Waals surface area contributed by atoms with Crippen LogP contribution in [0.2, 0.25) is 39.3 Å². The van der Waals surface area contributed by atoms with E-state index in [0.29, 0.717) is 0 Å². The van der Waals surface area contributed by atoms with Crippen molar-refractivity contribution >= 4 is 28.1 Å². The quantitative estimate of drug-likeness (QED) is 0.377. The lowest BCUT2D eigenvalue weighted by molar-refractivity contribution is -0.167. The summed E-state index contributed by atoms with van der Waals surface area (Å²) in [7, 11) is -3.92. The minimum absolute atomic E-state index is 0.403. The van der Waals surface area contributed by atoms with Gasteiger partial charge >= 0.3 is 5.97 Å². The summed E-state index contributed by atoms with van der Waals surface area (Å²) in [5.74, 6) is 3.05. The molecule has 0 bridgehead atoms. The highest BCUT2D eigenvalue weighted by Gasteiger charge is 2.61. The van der Waals surface area contributed by atoms with E-state index >= 15 is 0 Å². The molecular weight excluding hydrogens is 394 g/mol. The van der Waals surface area contributed by atoms with Crippen LogP contribution in [-0.2, 0) is 19.6 Å². The zero-order valence-electron chi connectivity index (χ0n) is 19.6. The molecule has 29 heavy (non-hydrogen) atoms. The standard InChI is InChI=1S/C23H35NO3Si2/c1-18-21(2,3)26-20(25)22(4,24-18)23(27-29(8,9)10,16-17-28(5,6)7)19-14-12-11-13-15-19/h11-15H,1-10H3. The van der Waals surface area contributed by atoms with Crippen molar-refractivity contribution in [1.29, 1.82) is 0 Å². The normalized spacial score (nSPS) is 23.9. The van der Waals surface area contributed by atoms with Crippen LogP contribution in [0, 0.1) is 11.5 Å². The summed E-state index contributed by atoms with van der Waals surface area (Å²) >= 11 is 0. The van der Waals surface area contributed by atoms with Gasteiger partial charge in [-0.1, -0.05) is 55.9 Å². The first-order valence-corrected chi connectivity index (χ1v) is 17.0. The van der Waals surface area contributed by atoms with Crippen molar-refractivity contribution in [2.24, 2.45) is 4.99 Å². The van der Waals surface area contributed by atoms with Crippen molar-refractivity contribution in [3.05, 3.63) is 35.9 Å². The summed E-state index contributed by atoms with van der Waals surface area (Å²) in [5, 5.41) is 0. The molecule has 1 aliphatic heterocycles. The Balaban J connectivity index is 2.93. The minimum atomic E-state index is -2.15. The molecule has 0 saturated carbocycles. The molecule has 4 nitrogen and oxygen atoms in total. The number of hydrogen-bond acceptors (Lipinski definition) is 4. The maximum absolute atomic E-state index is 13.5. The highest BCUT2D eigenvalue weighted by Crippen LogP contribution is 2.45. The lowest BCUT2D eigenvalue weighted by Gasteiger charge is -2.48. The van der Waals surface area contributed by atoms with Crippen LogP contribution in [0.25, 0.3) is 0 Å². The molecule has 0 spiro atoms. The van der Waals surface area contributed by atoms with Crippen molar-refractivity contribution in [2.75, 3.05) is 0 Å². The molecular formula is C23H35NO3Si2. The van der Waals surface area contributed by atoms with Gasteiger partial charge in [-0.3, -0.25) is 4.99 Å². The fraction of sp³-hybridized carbons (Fsp3) is 0.565. The van der Waals surface area contributed by atoms with E-state index in [1.807, 2.05) is 51.1 Å². The zero-order chi connectivity index (χ0) is 22.3. The lowest BCUT2D eigenvalue weighted by Crippen LogP contribution is -2.63. The van der Waals surface area contributed by atoms with Crippen molar-refractivity contribution in [3.63, 3.8) is 0 Å². The van der Waals surface area contributed by atoms with Gasteiger partial charge < -0.3 is 9.16 Å². The van der Waals surface area contributed by atoms with Gasteiger partial charge in [-0.15, -0.1) is 5.54 Å². The molecule has 2 atom stereocenters. The van der Waals surface area contributed by atoms with Gasteiger partial charge in [0.05, 0.1) is 5.71 Å². The largest absolute Gasteiger partial charge is 0.452 e. The van der Waals surface area contributed by atoms with Gasteiger partial charge in [0.25, 0.3) is 0 Å². The smallest absolute Gasteiger partial charge is 0.339 e. The van der Waals surface area contributed by atoms with E-state index in [9.17, 15) is 4.79 Å². The van der Waals surface area contributed by atoms with Crippen LogP contribution in [0.15, 0.2) is 35.3 Å². The summed E-state index contributed by atoms with van der Waals surface area (Å²) in [6.07, 6.45) is 0. The molecule has 2 unspecified atom stereocenters. The Bertz CT molecular complexity index is 869. The number of nitrogens with zero attached hydrogens (tertiary/aromatic N) is 1. The maximum atomic E-state index is 13.5. The third-order valence-corrected chi connectivity index (χ3v) is 6.74. The monoisotopic (exact) mass is 429 g/mol. The number of ether oxygens (including phenoxy) is 1. The van der Waals surface area contributed by atoms with Crippen LogP contribution in [0.4, 0.5) is 0 Å². The summed E-state index contributed by atoms with van der Waals surface area (Å²) in [6, 6.07) is 9.80. The molecule has 158 valence electrons. The molecule has 0 amide bonds. The number of esters is 1. The van der Waals surface area contributed by atoms with E-state index in [1.54, 1.807) is 6.92 Å². The topological polar surface area (TPSA) is 47.9 Å². The van der Waals surface area contributed by atoms with Crippen molar-refractivity contribution in [3.8, 4) is 11.5 Å². The third-order valence-electron chi connectivity index (χ3n) is 4.95. The Hall–Kier alpha value is -1.69. The first-order chi connectivity index (χ1) is 13.0. The highest BCUT2D eigenvalue weighted by atomic mass is 28.4. The fourth-order valence-electron chi connectivity index (χ4n) is 3.21. The number of cyclic esters (lactones) is 1. The summed E-state index contributed by atoms with van der Waals surface area (Å²) in [4.78, 5) is 18.4. The second-order valence-corrected chi connectivity index (χ2v) is 19.6. The van der Waals surface area contributed by atoms with Crippen molar-refractivity contribution in [1.82, 2.24) is 0 Å². The van der Waals surface area contributed by atoms with Gasteiger partial charge in [0.15, 0.2) is 19.5 Å². The van der Waals surface area contributed by atoms with Gasteiger partial charge in [-0.05, 0) is 52.9 Å². The minimum Gasteiger partial charge on any atom is -0.452 e. The summed E-state index contributed by atoms with van der Waals surface area (Å²) in [6.45, 7) is 20.3. The van der Waals surface area contributed by atoms with Crippen LogP contribution in [0.5, 0.6) is 0 Å². The average molecular weight is 430 g/mol. The fourth-order valence-corrected chi connectivity index (χ4v) is 5.05. The molecule has 6 heteroatoms. The molecule has 0 N–H and O–H groups in total. The molecule has 0 aliphatic carbocycles. The number of hydrogen-bond donors (Lipinski definition) is 0. The van der Waals surface area contributed by atoms with Crippen LogP contribution in [0.1, 0.15) is 33.3 Å². The second-order valence-electron chi connectivity index (χ2n) is 10.4. The number of rotatable bonds is 4. The summed E-state index contributed by atoms with van der Waals surface area (Å²) < 4.78 is 12.7. The summed E-state index contributed by atoms with van der Waals surface area (Å²) in [5.41, 5.74) is 1.80. The molecule has 1 aromatic carbocycles. The van der Waals surface area contributed by atoms with Gasteiger partial charge in [0, 0.05) is 0 Å². The predicted molar refractivity (Wildman–Crippen MR) is 125 cm³/mol.